The number of fused-ring (bicyclic) bond motifs is 3. The van der Waals surface area contributed by atoms with Gasteiger partial charge in [-0.05, 0) is 37.6 Å². The average Bonchev–Trinajstić information content (AvgIpc) is 3.59. The van der Waals surface area contributed by atoms with Crippen molar-refractivity contribution in [1.82, 2.24) is 14.5 Å². The van der Waals surface area contributed by atoms with Gasteiger partial charge in [0.05, 0.1) is 34.8 Å². The number of carbonyl (C=O) groups is 2. The van der Waals surface area contributed by atoms with Gasteiger partial charge in [0, 0.05) is 42.9 Å². The molecule has 0 bridgehead atoms. The molecule has 12 heteroatoms. The van der Waals surface area contributed by atoms with E-state index in [1.54, 1.807) is 35.9 Å². The van der Waals surface area contributed by atoms with Crippen LogP contribution in [0.1, 0.15) is 60.1 Å². The van der Waals surface area contributed by atoms with Crippen molar-refractivity contribution in [3.63, 3.8) is 0 Å². The van der Waals surface area contributed by atoms with Crippen LogP contribution >= 0.6 is 11.6 Å². The number of alkyl halides is 3. The molecular formula is C26H22ClF3N4O4. The number of carbonyl (C=O) groups excluding carboxylic acids is 2. The molecule has 2 aliphatic rings. The molecule has 2 aromatic heterocycles. The molecule has 1 aromatic carbocycles. The zero-order valence-electron chi connectivity index (χ0n) is 20.4. The van der Waals surface area contributed by atoms with Gasteiger partial charge in [-0.25, -0.2) is 9.78 Å². The molecule has 3 aromatic rings. The second kappa shape index (κ2) is 9.54. The van der Waals surface area contributed by atoms with Crippen molar-refractivity contribution in [3.8, 4) is 5.69 Å². The summed E-state index contributed by atoms with van der Waals surface area (Å²) in [4.78, 5) is 38.3. The van der Waals surface area contributed by atoms with Crippen LogP contribution < -0.4 is 0 Å². The summed E-state index contributed by atoms with van der Waals surface area (Å²) < 4.78 is 53.2. The van der Waals surface area contributed by atoms with Crippen molar-refractivity contribution in [1.29, 1.82) is 0 Å². The second-order valence-electron chi connectivity index (χ2n) is 9.15. The highest BCUT2D eigenvalue weighted by Gasteiger charge is 2.55. The second-order valence-corrected chi connectivity index (χ2v) is 9.55. The first kappa shape index (κ1) is 25.9. The van der Waals surface area contributed by atoms with E-state index in [1.165, 1.54) is 19.4 Å². The Morgan fingerprint density at radius 3 is 2.61 bits per heavy atom. The summed E-state index contributed by atoms with van der Waals surface area (Å²) in [5.74, 6) is -0.858. The number of halogens is 4. The summed E-state index contributed by atoms with van der Waals surface area (Å²) >= 11 is 6.12. The highest BCUT2D eigenvalue weighted by molar-refractivity contribution is 6.32. The number of aliphatic imine (C=N–C) groups is 1. The molecule has 5 rings (SSSR count). The SMILES string of the molecule is COC(=O)C1(OC(=O)CC[C@@H]2N=C(c3ccccn3)c3cc(Cl)c(C(F)(F)F)cc3-n3c(C)cnc32)CC1. The van der Waals surface area contributed by atoms with E-state index in [2.05, 4.69) is 9.97 Å². The summed E-state index contributed by atoms with van der Waals surface area (Å²) in [6.45, 7) is 1.71. The van der Waals surface area contributed by atoms with Crippen molar-refractivity contribution < 1.29 is 32.2 Å². The Hall–Kier alpha value is -3.73. The molecule has 0 amide bonds. The Bertz CT molecular complexity index is 1450. The predicted octanol–water partition coefficient (Wildman–Crippen LogP) is 5.17. The molecule has 0 radical (unpaired) electrons. The molecule has 0 N–H and O–H groups in total. The zero-order valence-corrected chi connectivity index (χ0v) is 21.1. The van der Waals surface area contributed by atoms with E-state index in [1.807, 2.05) is 0 Å². The Morgan fingerprint density at radius 1 is 1.21 bits per heavy atom. The zero-order chi connectivity index (χ0) is 27.2. The van der Waals surface area contributed by atoms with Crippen molar-refractivity contribution in [2.24, 2.45) is 4.99 Å². The van der Waals surface area contributed by atoms with Gasteiger partial charge in [-0.15, -0.1) is 0 Å². The Morgan fingerprint density at radius 2 is 1.97 bits per heavy atom. The highest BCUT2D eigenvalue weighted by atomic mass is 35.5. The van der Waals surface area contributed by atoms with E-state index in [9.17, 15) is 22.8 Å². The smallest absolute Gasteiger partial charge is 0.417 e. The lowest BCUT2D eigenvalue weighted by atomic mass is 10.0. The predicted molar refractivity (Wildman–Crippen MR) is 130 cm³/mol. The summed E-state index contributed by atoms with van der Waals surface area (Å²) in [7, 11) is 1.23. The number of ether oxygens (including phenoxy) is 2. The van der Waals surface area contributed by atoms with Gasteiger partial charge in [0.1, 0.15) is 11.9 Å². The number of hydrogen-bond acceptors (Lipinski definition) is 7. The van der Waals surface area contributed by atoms with Crippen LogP contribution in [0.5, 0.6) is 0 Å². The van der Waals surface area contributed by atoms with Gasteiger partial charge in [-0.1, -0.05) is 17.7 Å². The lowest BCUT2D eigenvalue weighted by Gasteiger charge is -2.18. The monoisotopic (exact) mass is 546 g/mol. The lowest BCUT2D eigenvalue weighted by molar-refractivity contribution is -0.169. The first-order valence-corrected chi connectivity index (χ1v) is 12.2. The van der Waals surface area contributed by atoms with E-state index in [-0.39, 0.29) is 18.5 Å². The van der Waals surface area contributed by atoms with Crippen LogP contribution in [0.25, 0.3) is 5.69 Å². The molecule has 3 heterocycles. The summed E-state index contributed by atoms with van der Waals surface area (Å²) in [5.41, 5.74) is -0.383. The standard InChI is InChI=1S/C26H22ClF3N4O4/c1-14-13-32-23-19(6-7-21(35)38-25(8-9-25)24(36)37-2)33-22(18-5-3-4-10-31-18)15-11-17(27)16(26(28,29)30)12-20(15)34(14)23/h3-5,10-13,19H,6-9H2,1-2H3/t19-/m0/s1. The fourth-order valence-corrected chi connectivity index (χ4v) is 4.78. The van der Waals surface area contributed by atoms with E-state index in [0.29, 0.717) is 41.3 Å². The van der Waals surface area contributed by atoms with Crippen LogP contribution in [-0.2, 0) is 25.2 Å². The summed E-state index contributed by atoms with van der Waals surface area (Å²) in [6, 6.07) is 6.62. The van der Waals surface area contributed by atoms with E-state index < -0.39 is 40.3 Å². The van der Waals surface area contributed by atoms with Crippen LogP contribution in [0.2, 0.25) is 5.02 Å². The first-order valence-electron chi connectivity index (χ1n) is 11.8. The first-order chi connectivity index (χ1) is 18.0. The fraction of sp³-hybridized carbons (Fsp3) is 0.346. The summed E-state index contributed by atoms with van der Waals surface area (Å²) in [6.07, 6.45) is -0.820. The van der Waals surface area contributed by atoms with Crippen molar-refractivity contribution in [2.75, 3.05) is 7.11 Å². The number of rotatable bonds is 6. The average molecular weight is 547 g/mol. The number of methoxy groups -OCH3 is 1. The molecule has 0 unspecified atom stereocenters. The lowest BCUT2D eigenvalue weighted by Crippen LogP contribution is -2.30. The van der Waals surface area contributed by atoms with E-state index in [0.717, 1.165) is 6.07 Å². The quantitative estimate of drug-likeness (QED) is 0.396. The number of esters is 2. The van der Waals surface area contributed by atoms with Gasteiger partial charge in [0.2, 0.25) is 5.60 Å². The third-order valence-corrected chi connectivity index (χ3v) is 6.85. The molecule has 0 spiro atoms. The van der Waals surface area contributed by atoms with Crippen LogP contribution in [-0.4, -0.2) is 44.9 Å². The highest BCUT2D eigenvalue weighted by Crippen LogP contribution is 2.43. The van der Waals surface area contributed by atoms with Gasteiger partial charge in [0.25, 0.3) is 0 Å². The Labute approximate surface area is 220 Å². The van der Waals surface area contributed by atoms with Gasteiger partial charge >= 0.3 is 18.1 Å². The number of aryl methyl sites for hydroxylation is 1. The molecular weight excluding hydrogens is 525 g/mol. The topological polar surface area (TPSA) is 95.7 Å². The normalized spacial score (nSPS) is 17.5. The van der Waals surface area contributed by atoms with Crippen LogP contribution in [0.4, 0.5) is 13.2 Å². The molecule has 1 saturated carbocycles. The minimum atomic E-state index is -4.68. The number of imidazole rings is 1. The van der Waals surface area contributed by atoms with Gasteiger partial charge < -0.3 is 9.47 Å². The van der Waals surface area contributed by atoms with E-state index in [4.69, 9.17) is 26.1 Å². The minimum Gasteiger partial charge on any atom is -0.466 e. The molecule has 1 aliphatic heterocycles. The van der Waals surface area contributed by atoms with Crippen LogP contribution in [0.3, 0.4) is 0 Å². The third-order valence-electron chi connectivity index (χ3n) is 6.54. The molecule has 1 atom stereocenters. The van der Waals surface area contributed by atoms with Gasteiger partial charge in [-0.3, -0.25) is 19.3 Å². The molecule has 1 fully saturated rings. The molecule has 8 nitrogen and oxygen atoms in total. The molecule has 38 heavy (non-hydrogen) atoms. The summed E-state index contributed by atoms with van der Waals surface area (Å²) in [5, 5.41) is -0.473. The third kappa shape index (κ3) is 4.66. The van der Waals surface area contributed by atoms with Crippen molar-refractivity contribution in [2.45, 2.75) is 50.4 Å². The van der Waals surface area contributed by atoms with Crippen molar-refractivity contribution >= 4 is 29.3 Å². The largest absolute Gasteiger partial charge is 0.466 e. The number of pyridine rings is 1. The van der Waals surface area contributed by atoms with E-state index >= 15 is 0 Å². The Balaban J connectivity index is 1.58. The van der Waals surface area contributed by atoms with Crippen molar-refractivity contribution in [3.05, 3.63) is 76.1 Å². The molecule has 198 valence electrons. The fourth-order valence-electron chi connectivity index (χ4n) is 4.51. The van der Waals surface area contributed by atoms with Crippen LogP contribution in [0.15, 0.2) is 47.7 Å². The molecule has 0 saturated heterocycles. The maximum Gasteiger partial charge on any atom is 0.417 e. The Kier molecular flexibility index (Phi) is 6.50. The molecule has 1 aliphatic carbocycles. The van der Waals surface area contributed by atoms with Gasteiger partial charge in [0.15, 0.2) is 0 Å². The number of aromatic nitrogens is 3. The van der Waals surface area contributed by atoms with Crippen LogP contribution in [0, 0.1) is 6.92 Å². The number of benzene rings is 1. The van der Waals surface area contributed by atoms with Gasteiger partial charge in [-0.2, -0.15) is 13.2 Å². The maximum atomic E-state index is 13.8. The minimum absolute atomic E-state index is 0.112. The number of hydrogen-bond donors (Lipinski definition) is 0. The number of nitrogens with zero attached hydrogens (tertiary/aromatic N) is 4. The maximum absolute atomic E-state index is 13.8.